The van der Waals surface area contributed by atoms with Crippen LogP contribution in [0.5, 0.6) is 0 Å². The third-order valence-electron chi connectivity index (χ3n) is 11.9. The number of hydrogen-bond donors (Lipinski definition) is 0. The molecule has 2 aromatic heterocycles. The number of aromatic nitrogens is 1. The van der Waals surface area contributed by atoms with Gasteiger partial charge in [0.15, 0.2) is 5.58 Å². The first kappa shape index (κ1) is 30.3. The van der Waals surface area contributed by atoms with Gasteiger partial charge in [-0.25, -0.2) is 4.98 Å². The third kappa shape index (κ3) is 4.27. The number of fused-ring (bicyclic) bond motifs is 10. The minimum Gasteiger partial charge on any atom is -0.456 e. The molecule has 0 N–H and O–H groups in total. The van der Waals surface area contributed by atoms with E-state index in [0.717, 1.165) is 55.7 Å². The highest BCUT2D eigenvalue weighted by Gasteiger charge is 2.37. The molecule has 254 valence electrons. The zero-order valence-electron chi connectivity index (χ0n) is 30.1. The van der Waals surface area contributed by atoms with Gasteiger partial charge in [0.2, 0.25) is 5.89 Å². The van der Waals surface area contributed by atoms with E-state index in [0.29, 0.717) is 5.89 Å². The summed E-state index contributed by atoms with van der Waals surface area (Å²) in [4.78, 5) is 7.20. The van der Waals surface area contributed by atoms with Crippen molar-refractivity contribution < 1.29 is 8.83 Å². The molecule has 11 rings (SSSR count). The van der Waals surface area contributed by atoms with Crippen molar-refractivity contribution in [2.45, 2.75) is 38.5 Å². The van der Waals surface area contributed by atoms with Gasteiger partial charge in [0.1, 0.15) is 16.7 Å². The Morgan fingerprint density at radius 1 is 0.434 bits per heavy atom. The minimum absolute atomic E-state index is 0.122. The molecular weight excluding hydrogens is 649 g/mol. The summed E-state index contributed by atoms with van der Waals surface area (Å²) in [5.74, 6) is 0.608. The summed E-state index contributed by atoms with van der Waals surface area (Å²) in [5.41, 5.74) is 17.8. The normalized spacial score (nSPS) is 14.7. The molecule has 7 aromatic carbocycles. The fourth-order valence-corrected chi connectivity index (χ4v) is 9.14. The fraction of sp³-hybridized carbons (Fsp3) is 0.122. The summed E-state index contributed by atoms with van der Waals surface area (Å²) in [5, 5.41) is 2.05. The molecule has 9 aromatic rings. The lowest BCUT2D eigenvalue weighted by molar-refractivity contribution is 0.620. The maximum Gasteiger partial charge on any atom is 0.227 e. The third-order valence-corrected chi connectivity index (χ3v) is 11.9. The van der Waals surface area contributed by atoms with Crippen LogP contribution in [0.15, 0.2) is 154 Å². The molecule has 0 radical (unpaired) electrons. The van der Waals surface area contributed by atoms with E-state index in [2.05, 4.69) is 142 Å². The second-order valence-corrected chi connectivity index (χ2v) is 15.6. The average molecular weight is 685 g/mol. The maximum atomic E-state index is 6.63. The van der Waals surface area contributed by atoms with Crippen LogP contribution in [0.1, 0.15) is 49.9 Å². The van der Waals surface area contributed by atoms with Crippen molar-refractivity contribution in [3.8, 4) is 33.7 Å². The van der Waals surface area contributed by atoms with Crippen molar-refractivity contribution in [1.29, 1.82) is 0 Å². The minimum atomic E-state index is -0.122. The molecule has 53 heavy (non-hydrogen) atoms. The van der Waals surface area contributed by atoms with Gasteiger partial charge >= 0.3 is 0 Å². The quantitative estimate of drug-likeness (QED) is 0.185. The van der Waals surface area contributed by atoms with Gasteiger partial charge < -0.3 is 13.7 Å². The van der Waals surface area contributed by atoms with E-state index >= 15 is 0 Å². The Bertz CT molecular complexity index is 2860. The van der Waals surface area contributed by atoms with Crippen molar-refractivity contribution in [1.82, 2.24) is 4.98 Å². The summed E-state index contributed by atoms with van der Waals surface area (Å²) >= 11 is 0. The SMILES string of the molecule is CC1(C)c2ccccc2-c2ccc(N(c3ccc4c(c3)C(C)(C)c3ccccc3-4)c3ccc4c(c3)oc3cc5nc(-c6ccccc6)oc5cc34)cc21. The van der Waals surface area contributed by atoms with E-state index in [9.17, 15) is 0 Å². The maximum absolute atomic E-state index is 6.63. The number of furan rings is 1. The van der Waals surface area contributed by atoms with Crippen LogP contribution >= 0.6 is 0 Å². The molecule has 0 unspecified atom stereocenters. The Morgan fingerprint density at radius 2 is 0.962 bits per heavy atom. The highest BCUT2D eigenvalue weighted by atomic mass is 16.4. The lowest BCUT2D eigenvalue weighted by Crippen LogP contribution is -2.18. The van der Waals surface area contributed by atoms with Gasteiger partial charge in [-0.3, -0.25) is 0 Å². The second kappa shape index (κ2) is 10.6. The van der Waals surface area contributed by atoms with Gasteiger partial charge in [-0.2, -0.15) is 0 Å². The van der Waals surface area contributed by atoms with Gasteiger partial charge in [0, 0.05) is 56.4 Å². The van der Waals surface area contributed by atoms with E-state index in [1.807, 2.05) is 36.4 Å². The number of hydrogen-bond acceptors (Lipinski definition) is 4. The molecule has 2 heterocycles. The van der Waals surface area contributed by atoms with Crippen molar-refractivity contribution in [3.63, 3.8) is 0 Å². The topological polar surface area (TPSA) is 42.4 Å². The zero-order chi connectivity index (χ0) is 35.6. The molecule has 0 saturated carbocycles. The van der Waals surface area contributed by atoms with Crippen LogP contribution in [0, 0.1) is 0 Å². The summed E-state index contributed by atoms with van der Waals surface area (Å²) in [6.07, 6.45) is 0. The summed E-state index contributed by atoms with van der Waals surface area (Å²) in [6.45, 7) is 9.37. The van der Waals surface area contributed by atoms with E-state index in [1.54, 1.807) is 0 Å². The Labute approximate surface area is 308 Å². The van der Waals surface area contributed by atoms with Crippen LogP contribution in [0.25, 0.3) is 66.7 Å². The molecule has 0 spiro atoms. The molecule has 0 aliphatic heterocycles. The van der Waals surface area contributed by atoms with Crippen LogP contribution in [-0.2, 0) is 10.8 Å². The predicted octanol–water partition coefficient (Wildman–Crippen LogP) is 13.5. The number of rotatable bonds is 4. The molecular formula is C49H36N2O2. The Balaban J connectivity index is 1.08. The van der Waals surface area contributed by atoms with Crippen molar-refractivity contribution in [2.75, 3.05) is 4.90 Å². The highest BCUT2D eigenvalue weighted by Crippen LogP contribution is 2.53. The smallest absolute Gasteiger partial charge is 0.227 e. The predicted molar refractivity (Wildman–Crippen MR) is 217 cm³/mol. The number of anilines is 3. The van der Waals surface area contributed by atoms with Gasteiger partial charge in [-0.1, -0.05) is 107 Å². The summed E-state index contributed by atoms with van der Waals surface area (Å²) in [7, 11) is 0. The van der Waals surface area contributed by atoms with E-state index in [1.165, 1.54) is 44.5 Å². The van der Waals surface area contributed by atoms with Gasteiger partial charge in [-0.05, 0) is 99.1 Å². The fourth-order valence-electron chi connectivity index (χ4n) is 9.14. The first-order valence-corrected chi connectivity index (χ1v) is 18.4. The Hall–Kier alpha value is -6.39. The van der Waals surface area contributed by atoms with E-state index in [4.69, 9.17) is 13.8 Å². The Morgan fingerprint density at radius 3 is 1.60 bits per heavy atom. The lowest BCUT2D eigenvalue weighted by Gasteiger charge is -2.29. The van der Waals surface area contributed by atoms with Crippen LogP contribution in [0.3, 0.4) is 0 Å². The second-order valence-electron chi connectivity index (χ2n) is 15.6. The van der Waals surface area contributed by atoms with Crippen molar-refractivity contribution >= 4 is 50.1 Å². The average Bonchev–Trinajstić information content (AvgIpc) is 3.88. The zero-order valence-corrected chi connectivity index (χ0v) is 30.1. The standard InChI is InChI=1S/C49H36N2O2/c1-48(2)39-16-10-8-14-33(39)35-21-18-30(24-41(35)48)51(31-19-22-36-34-15-9-11-17-40(34)49(3,4)42(36)25-31)32-20-23-37-38-27-46-43(28-45(38)52-44(37)26-32)50-47(53-46)29-12-6-5-7-13-29/h5-28H,1-4H3. The molecule has 0 amide bonds. The molecule has 0 saturated heterocycles. The van der Waals surface area contributed by atoms with Gasteiger partial charge in [0.25, 0.3) is 0 Å². The van der Waals surface area contributed by atoms with E-state index in [-0.39, 0.29) is 10.8 Å². The van der Waals surface area contributed by atoms with Crippen molar-refractivity contribution in [3.05, 3.63) is 168 Å². The van der Waals surface area contributed by atoms with Crippen LogP contribution in [-0.4, -0.2) is 4.98 Å². The molecule has 2 aliphatic carbocycles. The summed E-state index contributed by atoms with van der Waals surface area (Å²) in [6, 6.07) is 52.3. The molecule has 0 bridgehead atoms. The largest absolute Gasteiger partial charge is 0.456 e. The molecule has 4 heteroatoms. The lowest BCUT2D eigenvalue weighted by atomic mass is 9.82. The number of nitrogens with zero attached hydrogens (tertiary/aromatic N) is 2. The van der Waals surface area contributed by atoms with Crippen molar-refractivity contribution in [2.24, 2.45) is 0 Å². The molecule has 4 nitrogen and oxygen atoms in total. The first-order valence-electron chi connectivity index (χ1n) is 18.4. The monoisotopic (exact) mass is 684 g/mol. The first-order chi connectivity index (χ1) is 25.8. The van der Waals surface area contributed by atoms with Gasteiger partial charge in [-0.15, -0.1) is 0 Å². The molecule has 0 atom stereocenters. The highest BCUT2D eigenvalue weighted by molar-refractivity contribution is 6.10. The molecule has 0 fully saturated rings. The van der Waals surface area contributed by atoms with Crippen LogP contribution < -0.4 is 4.90 Å². The van der Waals surface area contributed by atoms with E-state index < -0.39 is 0 Å². The number of oxazole rings is 1. The van der Waals surface area contributed by atoms with Crippen LogP contribution in [0.2, 0.25) is 0 Å². The number of benzene rings is 7. The Kier molecular flexibility index (Phi) is 6.04. The van der Waals surface area contributed by atoms with Crippen LogP contribution in [0.4, 0.5) is 17.1 Å². The van der Waals surface area contributed by atoms with Gasteiger partial charge in [0.05, 0.1) is 0 Å². The summed E-state index contributed by atoms with van der Waals surface area (Å²) < 4.78 is 12.9. The molecule has 2 aliphatic rings.